The summed E-state index contributed by atoms with van der Waals surface area (Å²) in [5.41, 5.74) is 6.71. The highest BCUT2D eigenvalue weighted by atomic mass is 35.5. The molecule has 0 fully saturated rings. The van der Waals surface area contributed by atoms with Crippen molar-refractivity contribution in [2.45, 2.75) is 26.3 Å². The monoisotopic (exact) mass is 257 g/mol. The Labute approximate surface area is 107 Å². The quantitative estimate of drug-likeness (QED) is 0.843. The van der Waals surface area contributed by atoms with Crippen molar-refractivity contribution < 1.29 is 0 Å². The molecule has 2 N–H and O–H groups in total. The summed E-state index contributed by atoms with van der Waals surface area (Å²) in [4.78, 5) is 5.93. The summed E-state index contributed by atoms with van der Waals surface area (Å²) in [5.74, 6) is 0. The average Bonchev–Trinajstić information content (AvgIpc) is 2.25. The van der Waals surface area contributed by atoms with Crippen LogP contribution in [-0.2, 0) is 0 Å². The van der Waals surface area contributed by atoms with Gasteiger partial charge in [-0.25, -0.2) is 0 Å². The van der Waals surface area contributed by atoms with Crippen LogP contribution >= 0.6 is 23.8 Å². The third-order valence-corrected chi connectivity index (χ3v) is 3.02. The Hall–Kier alpha value is -0.870. The first-order chi connectivity index (χ1) is 7.57. The fourth-order valence-electron chi connectivity index (χ4n) is 1.63. The molecule has 88 valence electrons. The highest BCUT2D eigenvalue weighted by Crippen LogP contribution is 2.26. The molecule has 0 saturated heterocycles. The highest BCUT2D eigenvalue weighted by Gasteiger charge is 2.18. The molecule has 0 aliphatic heterocycles. The van der Waals surface area contributed by atoms with Crippen LogP contribution < -0.4 is 5.73 Å². The first-order valence-electron chi connectivity index (χ1n) is 5.23. The summed E-state index contributed by atoms with van der Waals surface area (Å²) in [6.07, 6.45) is 4.35. The number of nitrogens with two attached hydrogens (primary N) is 1. The molecule has 0 aliphatic rings. The van der Waals surface area contributed by atoms with E-state index in [0.29, 0.717) is 10.1 Å². The number of hydrogen-bond acceptors (Lipinski definition) is 2. The van der Waals surface area contributed by atoms with Gasteiger partial charge in [0.15, 0.2) is 5.11 Å². The minimum absolute atomic E-state index is 0.0768. The van der Waals surface area contributed by atoms with E-state index in [9.17, 15) is 0 Å². The van der Waals surface area contributed by atoms with E-state index in [1.54, 1.807) is 12.4 Å². The van der Waals surface area contributed by atoms with Crippen LogP contribution in [0.15, 0.2) is 18.5 Å². The molecule has 1 aromatic heterocycles. The van der Waals surface area contributed by atoms with Crippen LogP contribution in [-0.4, -0.2) is 21.5 Å². The normalized spacial score (nSPS) is 12.2. The van der Waals surface area contributed by atoms with E-state index in [1.807, 2.05) is 17.9 Å². The van der Waals surface area contributed by atoms with Gasteiger partial charge in [-0.3, -0.25) is 4.98 Å². The summed E-state index contributed by atoms with van der Waals surface area (Å²) in [6, 6.07) is 1.97. The number of aromatic nitrogens is 1. The molecule has 0 saturated carbocycles. The number of hydrogen-bond donors (Lipinski definition) is 1. The van der Waals surface area contributed by atoms with E-state index in [-0.39, 0.29) is 6.04 Å². The fraction of sp³-hybridized carbons (Fsp3) is 0.455. The van der Waals surface area contributed by atoms with E-state index in [1.165, 1.54) is 0 Å². The van der Waals surface area contributed by atoms with Crippen molar-refractivity contribution in [1.82, 2.24) is 9.88 Å². The molecule has 1 aromatic rings. The molecular formula is C11H16ClN3S. The van der Waals surface area contributed by atoms with Crippen LogP contribution in [0.3, 0.4) is 0 Å². The Kier molecular flexibility index (Phi) is 4.96. The van der Waals surface area contributed by atoms with Gasteiger partial charge in [-0.05, 0) is 37.2 Å². The van der Waals surface area contributed by atoms with Gasteiger partial charge >= 0.3 is 0 Å². The zero-order chi connectivity index (χ0) is 12.1. The van der Waals surface area contributed by atoms with Gasteiger partial charge in [0, 0.05) is 18.9 Å². The molecule has 0 aromatic carbocycles. The Morgan fingerprint density at radius 1 is 1.69 bits per heavy atom. The van der Waals surface area contributed by atoms with Crippen LogP contribution in [0, 0.1) is 0 Å². The van der Waals surface area contributed by atoms with Crippen molar-refractivity contribution in [2.75, 3.05) is 6.54 Å². The predicted octanol–water partition coefficient (Wildman–Crippen LogP) is 2.75. The molecule has 1 heterocycles. The summed E-state index contributed by atoms with van der Waals surface area (Å²) in [6.45, 7) is 4.96. The number of nitrogens with zero attached hydrogens (tertiary/aromatic N) is 2. The second-order valence-corrected chi connectivity index (χ2v) is 4.43. The number of pyridine rings is 1. The first kappa shape index (κ1) is 13.2. The molecule has 1 rings (SSSR count). The van der Waals surface area contributed by atoms with Crippen LogP contribution in [0.25, 0.3) is 0 Å². The van der Waals surface area contributed by atoms with Crippen LogP contribution in [0.5, 0.6) is 0 Å². The van der Waals surface area contributed by atoms with Gasteiger partial charge < -0.3 is 10.6 Å². The van der Waals surface area contributed by atoms with E-state index >= 15 is 0 Å². The van der Waals surface area contributed by atoms with Gasteiger partial charge in [-0.1, -0.05) is 18.5 Å². The van der Waals surface area contributed by atoms with Crippen molar-refractivity contribution in [2.24, 2.45) is 5.73 Å². The molecular weight excluding hydrogens is 242 g/mol. The van der Waals surface area contributed by atoms with Crippen LogP contribution in [0.1, 0.15) is 31.9 Å². The average molecular weight is 258 g/mol. The standard InChI is InChI=1S/C11H16ClN3S/c1-3-6-15(11(13)16)8(2)9-4-5-14-7-10(9)12/h4-5,7-8H,3,6H2,1-2H3,(H2,13,16). The second kappa shape index (κ2) is 6.01. The molecule has 16 heavy (non-hydrogen) atoms. The van der Waals surface area contributed by atoms with Crippen molar-refractivity contribution in [3.8, 4) is 0 Å². The molecule has 0 aliphatic carbocycles. The van der Waals surface area contributed by atoms with Gasteiger partial charge in [0.25, 0.3) is 0 Å². The van der Waals surface area contributed by atoms with Gasteiger partial charge in [-0.15, -0.1) is 0 Å². The lowest BCUT2D eigenvalue weighted by Gasteiger charge is -2.30. The lowest BCUT2D eigenvalue weighted by molar-refractivity contribution is 0.339. The second-order valence-electron chi connectivity index (χ2n) is 3.60. The zero-order valence-corrected chi connectivity index (χ0v) is 11.1. The van der Waals surface area contributed by atoms with E-state index in [2.05, 4.69) is 11.9 Å². The van der Waals surface area contributed by atoms with Gasteiger partial charge in [0.1, 0.15) is 0 Å². The topological polar surface area (TPSA) is 42.1 Å². The number of thiocarbonyl (C=S) groups is 1. The molecule has 0 spiro atoms. The lowest BCUT2D eigenvalue weighted by Crippen LogP contribution is -2.38. The maximum Gasteiger partial charge on any atom is 0.166 e. The highest BCUT2D eigenvalue weighted by molar-refractivity contribution is 7.80. The van der Waals surface area contributed by atoms with Crippen molar-refractivity contribution in [3.05, 3.63) is 29.0 Å². The smallest absolute Gasteiger partial charge is 0.166 e. The largest absolute Gasteiger partial charge is 0.376 e. The first-order valence-corrected chi connectivity index (χ1v) is 6.02. The Morgan fingerprint density at radius 3 is 2.88 bits per heavy atom. The molecule has 1 unspecified atom stereocenters. The summed E-state index contributed by atoms with van der Waals surface area (Å²) in [7, 11) is 0. The Bertz CT molecular complexity index is 370. The predicted molar refractivity (Wildman–Crippen MR) is 71.4 cm³/mol. The summed E-state index contributed by atoms with van der Waals surface area (Å²) >= 11 is 11.1. The molecule has 0 bridgehead atoms. The van der Waals surface area contributed by atoms with E-state index in [0.717, 1.165) is 18.5 Å². The minimum Gasteiger partial charge on any atom is -0.376 e. The Balaban J connectivity index is 2.94. The van der Waals surface area contributed by atoms with Crippen LogP contribution in [0.4, 0.5) is 0 Å². The Morgan fingerprint density at radius 2 is 2.38 bits per heavy atom. The van der Waals surface area contributed by atoms with E-state index in [4.69, 9.17) is 29.6 Å². The molecule has 0 radical (unpaired) electrons. The van der Waals surface area contributed by atoms with Gasteiger partial charge in [0.05, 0.1) is 11.1 Å². The summed E-state index contributed by atoms with van der Waals surface area (Å²) in [5, 5.41) is 1.05. The maximum absolute atomic E-state index is 6.09. The minimum atomic E-state index is 0.0768. The van der Waals surface area contributed by atoms with Crippen LogP contribution in [0.2, 0.25) is 5.02 Å². The van der Waals surface area contributed by atoms with Gasteiger partial charge in [-0.2, -0.15) is 0 Å². The van der Waals surface area contributed by atoms with Gasteiger partial charge in [0.2, 0.25) is 0 Å². The third-order valence-electron chi connectivity index (χ3n) is 2.47. The third kappa shape index (κ3) is 3.06. The maximum atomic E-state index is 6.09. The number of rotatable bonds is 4. The molecule has 0 amide bonds. The van der Waals surface area contributed by atoms with Crippen molar-refractivity contribution in [3.63, 3.8) is 0 Å². The summed E-state index contributed by atoms with van der Waals surface area (Å²) < 4.78 is 0. The van der Waals surface area contributed by atoms with Crippen molar-refractivity contribution >= 4 is 28.9 Å². The fourth-order valence-corrected chi connectivity index (χ4v) is 2.15. The number of halogens is 1. The lowest BCUT2D eigenvalue weighted by atomic mass is 10.1. The zero-order valence-electron chi connectivity index (χ0n) is 9.48. The van der Waals surface area contributed by atoms with Crippen molar-refractivity contribution in [1.29, 1.82) is 0 Å². The van der Waals surface area contributed by atoms with E-state index < -0.39 is 0 Å². The molecule has 5 heteroatoms. The molecule has 3 nitrogen and oxygen atoms in total. The molecule has 1 atom stereocenters. The SMILES string of the molecule is CCCN(C(N)=S)C(C)c1ccncc1Cl.